The van der Waals surface area contributed by atoms with Crippen LogP contribution in [-0.4, -0.2) is 56.0 Å². The van der Waals surface area contributed by atoms with Gasteiger partial charge in [-0.3, -0.25) is 0 Å². The van der Waals surface area contributed by atoms with Gasteiger partial charge in [-0.05, 0) is 44.4 Å². The van der Waals surface area contributed by atoms with Gasteiger partial charge < -0.3 is 24.4 Å². The highest BCUT2D eigenvalue weighted by Gasteiger charge is 2.23. The summed E-state index contributed by atoms with van der Waals surface area (Å²) in [4.78, 5) is 11.9. The number of carbonyl (C=O) groups is 1. The lowest BCUT2D eigenvalue weighted by molar-refractivity contribution is -0.143. The van der Waals surface area contributed by atoms with Crippen LogP contribution in [-0.2, 0) is 19.0 Å². The molecule has 2 atom stereocenters. The van der Waals surface area contributed by atoms with E-state index in [0.29, 0.717) is 11.5 Å². The molecule has 0 saturated heterocycles. The summed E-state index contributed by atoms with van der Waals surface area (Å²) >= 11 is 0. The van der Waals surface area contributed by atoms with Crippen LogP contribution < -0.4 is 0 Å². The molecule has 0 amide bonds. The van der Waals surface area contributed by atoms with E-state index in [1.54, 1.807) is 0 Å². The van der Waals surface area contributed by atoms with Gasteiger partial charge in [0.2, 0.25) is 0 Å². The van der Waals surface area contributed by atoms with Crippen molar-refractivity contribution in [2.24, 2.45) is 17.8 Å². The average molecular weight is 439 g/mol. The van der Waals surface area contributed by atoms with E-state index < -0.39 is 18.9 Å². The van der Waals surface area contributed by atoms with Crippen LogP contribution in [0.25, 0.3) is 0 Å². The summed E-state index contributed by atoms with van der Waals surface area (Å²) in [5, 5.41) is 19.1. The number of esters is 1. The van der Waals surface area contributed by atoms with Crippen LogP contribution in [0.4, 0.5) is 0 Å². The Bertz CT molecular complexity index is 562. The smallest absolute Gasteiger partial charge is 0.335 e. The number of methoxy groups -OCH3 is 1. The van der Waals surface area contributed by atoms with Crippen molar-refractivity contribution in [1.82, 2.24) is 0 Å². The van der Waals surface area contributed by atoms with Gasteiger partial charge >= 0.3 is 5.97 Å². The molecule has 1 rings (SSSR count). The fourth-order valence-corrected chi connectivity index (χ4v) is 3.96. The van der Waals surface area contributed by atoms with E-state index in [0.717, 1.165) is 18.8 Å². The lowest BCUT2D eigenvalue weighted by Crippen LogP contribution is -2.26. The van der Waals surface area contributed by atoms with Crippen molar-refractivity contribution in [3.05, 3.63) is 36.5 Å². The van der Waals surface area contributed by atoms with Crippen molar-refractivity contribution in [3.63, 3.8) is 0 Å². The molecule has 0 bridgehead atoms. The molecular weight excluding hydrogens is 396 g/mol. The quantitative estimate of drug-likeness (QED) is 0.163. The maximum absolute atomic E-state index is 11.9. The van der Waals surface area contributed by atoms with E-state index in [1.807, 2.05) is 0 Å². The Morgan fingerprint density at radius 2 is 1.77 bits per heavy atom. The minimum absolute atomic E-state index is 0.0319. The molecule has 1 aliphatic carbocycles. The first-order valence-corrected chi connectivity index (χ1v) is 11.4. The molecular formula is C25H42O6. The number of aliphatic hydroxyl groups is 2. The third-order valence-electron chi connectivity index (χ3n) is 6.03. The number of hydrogen-bond donors (Lipinski definition) is 2. The van der Waals surface area contributed by atoms with Gasteiger partial charge in [0.15, 0.2) is 6.29 Å². The first-order valence-electron chi connectivity index (χ1n) is 11.4. The number of aliphatic hydroxyl groups excluding tert-OH is 2. The van der Waals surface area contributed by atoms with Crippen molar-refractivity contribution in [2.75, 3.05) is 33.5 Å². The fraction of sp³-hybridized carbons (Fsp3) is 0.720. The second-order valence-corrected chi connectivity index (χ2v) is 8.61. The van der Waals surface area contributed by atoms with Gasteiger partial charge in [0, 0.05) is 18.6 Å². The molecule has 0 aromatic heterocycles. The van der Waals surface area contributed by atoms with Crippen molar-refractivity contribution in [1.29, 1.82) is 0 Å². The topological polar surface area (TPSA) is 85.2 Å². The van der Waals surface area contributed by atoms with Crippen molar-refractivity contribution < 1.29 is 29.2 Å². The van der Waals surface area contributed by atoms with E-state index in [2.05, 4.69) is 32.2 Å². The predicted octanol–water partition coefficient (Wildman–Crippen LogP) is 4.17. The summed E-state index contributed by atoms with van der Waals surface area (Å²) in [5.41, 5.74) is 0.479. The minimum atomic E-state index is -1.11. The number of ether oxygens (including phenoxy) is 3. The molecule has 1 fully saturated rings. The Labute approximate surface area is 188 Å². The highest BCUT2D eigenvalue weighted by Crippen LogP contribution is 2.34. The number of hydrogen-bond acceptors (Lipinski definition) is 6. The van der Waals surface area contributed by atoms with Crippen LogP contribution in [0.2, 0.25) is 0 Å². The van der Waals surface area contributed by atoms with Crippen LogP contribution >= 0.6 is 0 Å². The average Bonchev–Trinajstić information content (AvgIpc) is 2.78. The molecule has 178 valence electrons. The van der Waals surface area contributed by atoms with E-state index >= 15 is 0 Å². The van der Waals surface area contributed by atoms with E-state index in [1.165, 1.54) is 45.6 Å². The van der Waals surface area contributed by atoms with Gasteiger partial charge in [0.25, 0.3) is 0 Å². The monoisotopic (exact) mass is 438 g/mol. The number of carbonyl (C=O) groups excluding carboxylic acids is 1. The van der Waals surface area contributed by atoms with Crippen LogP contribution in [0.15, 0.2) is 36.5 Å². The maximum Gasteiger partial charge on any atom is 0.335 e. The zero-order valence-electron chi connectivity index (χ0n) is 19.4. The fourth-order valence-electron chi connectivity index (χ4n) is 3.96. The van der Waals surface area contributed by atoms with Crippen LogP contribution in [0, 0.1) is 17.8 Å². The Hall–Kier alpha value is -1.47. The Kier molecular flexibility index (Phi) is 14.4. The summed E-state index contributed by atoms with van der Waals surface area (Å²) < 4.78 is 15.8. The van der Waals surface area contributed by atoms with Gasteiger partial charge in [0.05, 0.1) is 32.0 Å². The third-order valence-corrected chi connectivity index (χ3v) is 6.03. The van der Waals surface area contributed by atoms with Gasteiger partial charge in [-0.2, -0.15) is 0 Å². The Morgan fingerprint density at radius 1 is 1.13 bits per heavy atom. The summed E-state index contributed by atoms with van der Waals surface area (Å²) in [6.07, 6.45) is 12.6. The number of rotatable bonds is 16. The Morgan fingerprint density at radius 3 is 2.35 bits per heavy atom. The summed E-state index contributed by atoms with van der Waals surface area (Å²) in [5.74, 6) is 0.863. The van der Waals surface area contributed by atoms with Crippen molar-refractivity contribution >= 4 is 5.97 Å². The largest absolute Gasteiger partial charge is 0.462 e. The van der Waals surface area contributed by atoms with E-state index in [4.69, 9.17) is 19.3 Å². The zero-order chi connectivity index (χ0) is 23.1. The summed E-state index contributed by atoms with van der Waals surface area (Å²) in [7, 11) is 1.53. The van der Waals surface area contributed by atoms with Gasteiger partial charge in [-0.15, -0.1) is 0 Å². The molecule has 31 heavy (non-hydrogen) atoms. The second kappa shape index (κ2) is 16.2. The van der Waals surface area contributed by atoms with Crippen LogP contribution in [0.3, 0.4) is 0 Å². The Balaban J connectivity index is 2.48. The molecule has 0 radical (unpaired) electrons. The first kappa shape index (κ1) is 27.6. The first-order chi connectivity index (χ1) is 14.9. The molecule has 6 nitrogen and oxygen atoms in total. The minimum Gasteiger partial charge on any atom is -0.462 e. The van der Waals surface area contributed by atoms with E-state index in [-0.39, 0.29) is 31.3 Å². The molecule has 0 heterocycles. The van der Waals surface area contributed by atoms with Crippen molar-refractivity contribution in [3.8, 4) is 0 Å². The molecule has 1 saturated carbocycles. The molecule has 2 unspecified atom stereocenters. The summed E-state index contributed by atoms with van der Waals surface area (Å²) in [6, 6.07) is 0. The lowest BCUT2D eigenvalue weighted by Gasteiger charge is -2.29. The summed E-state index contributed by atoms with van der Waals surface area (Å²) in [6.45, 7) is 9.53. The molecule has 0 aliphatic heterocycles. The zero-order valence-corrected chi connectivity index (χ0v) is 19.4. The molecule has 1 aliphatic rings. The standard InChI is InChI=1S/C25H42O6/c1-5-6-7-8-21-9-11-22(12-10-21)13-14-23(17-30-24(27)19(2)15-26)18-31-25(28)20(3)16-29-4/h5-6,21-23,25-26,28H,2-3,7-18H2,1,4H3/b6-5+. The molecule has 6 heteroatoms. The normalized spacial score (nSPS) is 21.0. The molecule has 0 aromatic carbocycles. The maximum atomic E-state index is 11.9. The third kappa shape index (κ3) is 11.6. The van der Waals surface area contributed by atoms with Gasteiger partial charge in [0.1, 0.15) is 0 Å². The SMILES string of the molecule is C=C(CO)C(=O)OCC(CCC1CCC(CC/C=C/C)CC1)COC(O)C(=C)COC. The molecule has 0 spiro atoms. The van der Waals surface area contributed by atoms with Crippen LogP contribution in [0.1, 0.15) is 58.3 Å². The van der Waals surface area contributed by atoms with Crippen molar-refractivity contribution in [2.45, 2.75) is 64.6 Å². The van der Waals surface area contributed by atoms with Gasteiger partial charge in [-0.1, -0.05) is 51.0 Å². The highest BCUT2D eigenvalue weighted by atomic mass is 16.6. The van der Waals surface area contributed by atoms with E-state index in [9.17, 15) is 9.90 Å². The second-order valence-electron chi connectivity index (χ2n) is 8.61. The lowest BCUT2D eigenvalue weighted by atomic mass is 9.77. The van der Waals surface area contributed by atoms with Gasteiger partial charge in [-0.25, -0.2) is 4.79 Å². The highest BCUT2D eigenvalue weighted by molar-refractivity contribution is 5.87. The number of allylic oxidation sites excluding steroid dienone is 2. The van der Waals surface area contributed by atoms with Crippen LogP contribution in [0.5, 0.6) is 0 Å². The predicted molar refractivity (Wildman–Crippen MR) is 122 cm³/mol. The molecule has 0 aromatic rings. The molecule has 2 N–H and O–H groups in total.